The van der Waals surface area contributed by atoms with Gasteiger partial charge in [0.1, 0.15) is 5.76 Å². The van der Waals surface area contributed by atoms with Crippen molar-refractivity contribution < 1.29 is 4.42 Å². The predicted molar refractivity (Wildman–Crippen MR) is 67.9 cm³/mol. The molecule has 0 saturated heterocycles. The van der Waals surface area contributed by atoms with Crippen molar-refractivity contribution in [1.82, 2.24) is 10.3 Å². The second-order valence-corrected chi connectivity index (χ2v) is 4.21. The molecule has 90 valence electrons. The van der Waals surface area contributed by atoms with Gasteiger partial charge in [0.05, 0.1) is 12.3 Å². The van der Waals surface area contributed by atoms with E-state index in [9.17, 15) is 0 Å². The van der Waals surface area contributed by atoms with Crippen molar-refractivity contribution in [3.63, 3.8) is 0 Å². The van der Waals surface area contributed by atoms with Crippen molar-refractivity contribution in [2.75, 3.05) is 6.54 Å². The van der Waals surface area contributed by atoms with Gasteiger partial charge in [-0.05, 0) is 43.7 Å². The molecule has 1 N–H and O–H groups in total. The lowest BCUT2D eigenvalue weighted by molar-refractivity contribution is 0.525. The van der Waals surface area contributed by atoms with Crippen molar-refractivity contribution in [3.8, 4) is 0 Å². The summed E-state index contributed by atoms with van der Waals surface area (Å²) in [5.74, 6) is 0.935. The summed E-state index contributed by atoms with van der Waals surface area (Å²) in [6.45, 7) is 7.08. The van der Waals surface area contributed by atoms with Gasteiger partial charge in [0.25, 0.3) is 0 Å². The highest BCUT2D eigenvalue weighted by Gasteiger charge is 2.16. The SMILES string of the molecule is CCNC(c1coc(C)c1)c1cnccc1C. The van der Waals surface area contributed by atoms with Crippen LogP contribution in [0, 0.1) is 13.8 Å². The van der Waals surface area contributed by atoms with E-state index in [1.165, 1.54) is 11.1 Å². The molecule has 2 aromatic heterocycles. The van der Waals surface area contributed by atoms with Crippen molar-refractivity contribution >= 4 is 0 Å². The molecular weight excluding hydrogens is 212 g/mol. The first-order valence-corrected chi connectivity index (χ1v) is 5.91. The van der Waals surface area contributed by atoms with E-state index in [-0.39, 0.29) is 6.04 Å². The number of hydrogen-bond donors (Lipinski definition) is 1. The second kappa shape index (κ2) is 5.15. The van der Waals surface area contributed by atoms with Gasteiger partial charge < -0.3 is 9.73 Å². The Morgan fingerprint density at radius 1 is 1.41 bits per heavy atom. The number of nitrogens with zero attached hydrogens (tertiary/aromatic N) is 1. The third-order valence-corrected chi connectivity index (χ3v) is 2.88. The summed E-state index contributed by atoms with van der Waals surface area (Å²) < 4.78 is 5.39. The molecule has 0 amide bonds. The van der Waals surface area contributed by atoms with Crippen LogP contribution < -0.4 is 5.32 Å². The lowest BCUT2D eigenvalue weighted by atomic mass is 9.99. The molecule has 2 rings (SSSR count). The molecule has 1 atom stereocenters. The Kier molecular flexibility index (Phi) is 3.59. The Morgan fingerprint density at radius 2 is 2.24 bits per heavy atom. The molecule has 3 heteroatoms. The maximum absolute atomic E-state index is 5.39. The smallest absolute Gasteiger partial charge is 0.101 e. The van der Waals surface area contributed by atoms with Crippen molar-refractivity contribution in [1.29, 1.82) is 0 Å². The minimum atomic E-state index is 0.158. The minimum absolute atomic E-state index is 0.158. The van der Waals surface area contributed by atoms with Crippen LogP contribution in [0.3, 0.4) is 0 Å². The third kappa shape index (κ3) is 2.56. The number of aromatic nitrogens is 1. The van der Waals surface area contributed by atoms with Gasteiger partial charge in [0.2, 0.25) is 0 Å². The molecule has 0 aliphatic heterocycles. The van der Waals surface area contributed by atoms with E-state index in [1.807, 2.05) is 31.6 Å². The van der Waals surface area contributed by atoms with Gasteiger partial charge in [0, 0.05) is 18.0 Å². The summed E-state index contributed by atoms with van der Waals surface area (Å²) >= 11 is 0. The van der Waals surface area contributed by atoms with Crippen LogP contribution >= 0.6 is 0 Å². The molecule has 0 spiro atoms. The minimum Gasteiger partial charge on any atom is -0.469 e. The highest BCUT2D eigenvalue weighted by atomic mass is 16.3. The zero-order valence-electron chi connectivity index (χ0n) is 10.5. The molecule has 2 aromatic rings. The summed E-state index contributed by atoms with van der Waals surface area (Å²) in [5.41, 5.74) is 3.60. The summed E-state index contributed by atoms with van der Waals surface area (Å²) in [6, 6.07) is 4.26. The number of pyridine rings is 1. The van der Waals surface area contributed by atoms with Gasteiger partial charge in [-0.1, -0.05) is 6.92 Å². The molecule has 1 unspecified atom stereocenters. The van der Waals surface area contributed by atoms with Crippen molar-refractivity contribution in [3.05, 3.63) is 53.2 Å². The summed E-state index contributed by atoms with van der Waals surface area (Å²) in [7, 11) is 0. The molecular formula is C14H18N2O. The Bertz CT molecular complexity index is 490. The van der Waals surface area contributed by atoms with E-state index in [0.29, 0.717) is 0 Å². The lowest BCUT2D eigenvalue weighted by Crippen LogP contribution is -2.22. The molecule has 0 aliphatic carbocycles. The Hall–Kier alpha value is -1.61. The van der Waals surface area contributed by atoms with Gasteiger partial charge >= 0.3 is 0 Å². The Morgan fingerprint density at radius 3 is 2.82 bits per heavy atom. The second-order valence-electron chi connectivity index (χ2n) is 4.21. The van der Waals surface area contributed by atoms with E-state index in [0.717, 1.165) is 17.9 Å². The van der Waals surface area contributed by atoms with E-state index in [2.05, 4.69) is 30.2 Å². The number of aryl methyl sites for hydroxylation is 2. The third-order valence-electron chi connectivity index (χ3n) is 2.88. The average molecular weight is 230 g/mol. The van der Waals surface area contributed by atoms with E-state index in [1.54, 1.807) is 0 Å². The molecule has 0 fully saturated rings. The maximum Gasteiger partial charge on any atom is 0.101 e. The summed E-state index contributed by atoms with van der Waals surface area (Å²) in [5, 5.41) is 3.47. The van der Waals surface area contributed by atoms with E-state index in [4.69, 9.17) is 4.42 Å². The summed E-state index contributed by atoms with van der Waals surface area (Å²) in [4.78, 5) is 4.21. The number of nitrogens with one attached hydrogen (secondary N) is 1. The van der Waals surface area contributed by atoms with Crippen molar-refractivity contribution in [2.45, 2.75) is 26.8 Å². The normalized spacial score (nSPS) is 12.6. The molecule has 17 heavy (non-hydrogen) atoms. The fourth-order valence-corrected chi connectivity index (χ4v) is 2.01. The van der Waals surface area contributed by atoms with Crippen LogP contribution in [0.4, 0.5) is 0 Å². The van der Waals surface area contributed by atoms with Crippen LogP contribution in [0.1, 0.15) is 35.4 Å². The van der Waals surface area contributed by atoms with Gasteiger partial charge in [-0.3, -0.25) is 4.98 Å². The quantitative estimate of drug-likeness (QED) is 0.877. The molecule has 2 heterocycles. The standard InChI is InChI=1S/C14H18N2O/c1-4-16-14(12-7-11(3)17-9-12)13-8-15-6-5-10(13)2/h5-9,14,16H,4H2,1-3H3. The first kappa shape index (κ1) is 11.9. The van der Waals surface area contributed by atoms with Crippen LogP contribution in [0.15, 0.2) is 35.2 Å². The lowest BCUT2D eigenvalue weighted by Gasteiger charge is -2.18. The first-order valence-electron chi connectivity index (χ1n) is 5.91. The van der Waals surface area contributed by atoms with Gasteiger partial charge in [-0.15, -0.1) is 0 Å². The fourth-order valence-electron chi connectivity index (χ4n) is 2.01. The van der Waals surface area contributed by atoms with Crippen molar-refractivity contribution in [2.24, 2.45) is 0 Å². The first-order chi connectivity index (χ1) is 8.22. The number of hydrogen-bond acceptors (Lipinski definition) is 3. The molecule has 0 bridgehead atoms. The Labute approximate surface area is 102 Å². The predicted octanol–water partition coefficient (Wildman–Crippen LogP) is 2.99. The topological polar surface area (TPSA) is 38.1 Å². The largest absolute Gasteiger partial charge is 0.469 e. The van der Waals surface area contributed by atoms with E-state index < -0.39 is 0 Å². The monoisotopic (exact) mass is 230 g/mol. The van der Waals surface area contributed by atoms with E-state index >= 15 is 0 Å². The van der Waals surface area contributed by atoms with Gasteiger partial charge in [0.15, 0.2) is 0 Å². The molecule has 0 radical (unpaired) electrons. The molecule has 3 nitrogen and oxygen atoms in total. The van der Waals surface area contributed by atoms with Crippen LogP contribution in [-0.2, 0) is 0 Å². The number of furan rings is 1. The highest BCUT2D eigenvalue weighted by Crippen LogP contribution is 2.25. The van der Waals surface area contributed by atoms with Crippen LogP contribution in [0.25, 0.3) is 0 Å². The Balaban J connectivity index is 2.39. The number of rotatable bonds is 4. The molecule has 0 saturated carbocycles. The molecule has 0 aliphatic rings. The summed E-state index contributed by atoms with van der Waals surface area (Å²) in [6.07, 6.45) is 5.56. The van der Waals surface area contributed by atoms with Gasteiger partial charge in [-0.2, -0.15) is 0 Å². The highest BCUT2D eigenvalue weighted by molar-refractivity contribution is 5.34. The maximum atomic E-state index is 5.39. The van der Waals surface area contributed by atoms with Crippen LogP contribution in [-0.4, -0.2) is 11.5 Å². The zero-order chi connectivity index (χ0) is 12.3. The van der Waals surface area contributed by atoms with Crippen LogP contribution in [0.5, 0.6) is 0 Å². The van der Waals surface area contributed by atoms with Gasteiger partial charge in [-0.25, -0.2) is 0 Å². The average Bonchev–Trinajstić information content (AvgIpc) is 2.74. The molecule has 0 aromatic carbocycles. The van der Waals surface area contributed by atoms with Crippen LogP contribution in [0.2, 0.25) is 0 Å². The fraction of sp³-hybridized carbons (Fsp3) is 0.357. The zero-order valence-corrected chi connectivity index (χ0v) is 10.5.